The van der Waals surface area contributed by atoms with Crippen molar-refractivity contribution in [3.8, 4) is 0 Å². The third-order valence-corrected chi connectivity index (χ3v) is 4.74. The highest BCUT2D eigenvalue weighted by Crippen LogP contribution is 2.18. The van der Waals surface area contributed by atoms with E-state index in [-0.39, 0.29) is 29.7 Å². The second-order valence-corrected chi connectivity index (χ2v) is 6.54. The third-order valence-electron chi connectivity index (χ3n) is 4.74. The Kier molecular flexibility index (Phi) is 8.16. The van der Waals surface area contributed by atoms with E-state index in [9.17, 15) is 4.79 Å². The molecule has 3 N–H and O–H groups in total. The van der Waals surface area contributed by atoms with Crippen molar-refractivity contribution < 1.29 is 13.9 Å². The van der Waals surface area contributed by atoms with Gasteiger partial charge in [0.2, 0.25) is 0 Å². The zero-order chi connectivity index (χ0) is 17.6. The quantitative estimate of drug-likeness (QED) is 0.369. The van der Waals surface area contributed by atoms with Crippen LogP contribution in [0.5, 0.6) is 0 Å². The van der Waals surface area contributed by atoms with Gasteiger partial charge < -0.3 is 25.1 Å². The molecule has 2 aliphatic rings. The number of carbonyl (C=O) groups excluding carboxylic acids is 1. The van der Waals surface area contributed by atoms with E-state index in [0.29, 0.717) is 18.2 Å². The molecule has 1 aromatic heterocycles. The van der Waals surface area contributed by atoms with Crippen LogP contribution < -0.4 is 11.1 Å². The van der Waals surface area contributed by atoms with Crippen molar-refractivity contribution in [3.05, 3.63) is 23.7 Å². The van der Waals surface area contributed by atoms with Gasteiger partial charge in [-0.05, 0) is 24.5 Å². The second-order valence-electron chi connectivity index (χ2n) is 6.54. The summed E-state index contributed by atoms with van der Waals surface area (Å²) in [6.45, 7) is 7.35. The number of nitrogens with zero attached hydrogens (tertiary/aromatic N) is 3. The largest absolute Gasteiger partial charge is 0.454 e. The second kappa shape index (κ2) is 10.1. The van der Waals surface area contributed by atoms with Gasteiger partial charge in [-0.1, -0.05) is 0 Å². The van der Waals surface area contributed by atoms with Gasteiger partial charge >= 0.3 is 0 Å². The number of halogens is 1. The van der Waals surface area contributed by atoms with Crippen LogP contribution in [-0.4, -0.2) is 74.7 Å². The maximum Gasteiger partial charge on any atom is 0.284 e. The lowest BCUT2D eigenvalue weighted by atomic mass is 10.1. The van der Waals surface area contributed by atoms with Crippen LogP contribution in [0.2, 0.25) is 0 Å². The van der Waals surface area contributed by atoms with Crippen LogP contribution in [0.25, 0.3) is 0 Å². The Morgan fingerprint density at radius 1 is 1.35 bits per heavy atom. The van der Waals surface area contributed by atoms with E-state index in [1.807, 2.05) is 0 Å². The number of hydrogen-bond donors (Lipinski definition) is 2. The van der Waals surface area contributed by atoms with Crippen molar-refractivity contribution in [2.24, 2.45) is 16.6 Å². The van der Waals surface area contributed by atoms with Gasteiger partial charge in [0.15, 0.2) is 11.7 Å². The number of likely N-dealkylation sites (tertiary alicyclic amines) is 1. The maximum atomic E-state index is 11.1. The molecule has 0 aromatic carbocycles. The van der Waals surface area contributed by atoms with Gasteiger partial charge in [-0.2, -0.15) is 0 Å². The van der Waals surface area contributed by atoms with E-state index in [1.54, 1.807) is 19.2 Å². The first-order chi connectivity index (χ1) is 12.2. The number of aliphatic imine (C=N–C) groups is 1. The molecule has 2 fully saturated rings. The first-order valence-corrected chi connectivity index (χ1v) is 8.80. The molecule has 1 unspecified atom stereocenters. The first kappa shape index (κ1) is 21.0. The molecule has 2 aliphatic heterocycles. The number of furan rings is 1. The molecule has 2 saturated heterocycles. The fourth-order valence-electron chi connectivity index (χ4n) is 3.43. The molecule has 0 saturated carbocycles. The van der Waals surface area contributed by atoms with Crippen molar-refractivity contribution >= 4 is 35.8 Å². The summed E-state index contributed by atoms with van der Waals surface area (Å²) in [5, 5.41) is 3.30. The van der Waals surface area contributed by atoms with E-state index < -0.39 is 5.91 Å². The highest BCUT2D eigenvalue weighted by molar-refractivity contribution is 14.0. The van der Waals surface area contributed by atoms with Crippen LogP contribution in [0.15, 0.2) is 21.5 Å². The Morgan fingerprint density at radius 3 is 2.77 bits per heavy atom. The molecule has 8 nitrogen and oxygen atoms in total. The molecule has 0 aliphatic carbocycles. The molecule has 146 valence electrons. The lowest BCUT2D eigenvalue weighted by molar-refractivity contribution is 0.0315. The molecule has 1 atom stereocenters. The average molecular weight is 477 g/mol. The number of guanidine groups is 1. The standard InChI is InChI=1S/C17H27N5O3.HI/c1-19-17(20-10-14-2-3-15(25-14)16(18)23)22-5-4-13(12-22)11-21-6-8-24-9-7-21;/h2-3,13H,4-12H2,1H3,(H2,18,23)(H,19,20);1H. The van der Waals surface area contributed by atoms with E-state index in [2.05, 4.69) is 20.1 Å². The Labute approximate surface area is 171 Å². The lowest BCUT2D eigenvalue weighted by Crippen LogP contribution is -2.42. The molecule has 3 rings (SSSR count). The van der Waals surface area contributed by atoms with Crippen LogP contribution in [0, 0.1) is 5.92 Å². The van der Waals surface area contributed by atoms with Crippen LogP contribution in [-0.2, 0) is 11.3 Å². The molecule has 9 heteroatoms. The summed E-state index contributed by atoms with van der Waals surface area (Å²) in [4.78, 5) is 20.2. The smallest absolute Gasteiger partial charge is 0.284 e. The Balaban J connectivity index is 0.00000243. The predicted molar refractivity (Wildman–Crippen MR) is 110 cm³/mol. The average Bonchev–Trinajstić information content (AvgIpc) is 3.26. The number of hydrogen-bond acceptors (Lipinski definition) is 5. The molecule has 0 bridgehead atoms. The van der Waals surface area contributed by atoms with E-state index in [4.69, 9.17) is 14.9 Å². The van der Waals surface area contributed by atoms with Crippen LogP contribution in [0.4, 0.5) is 0 Å². The minimum absolute atomic E-state index is 0. The minimum Gasteiger partial charge on any atom is -0.454 e. The number of nitrogens with two attached hydrogens (primary N) is 1. The van der Waals surface area contributed by atoms with E-state index >= 15 is 0 Å². The lowest BCUT2D eigenvalue weighted by Gasteiger charge is -2.29. The van der Waals surface area contributed by atoms with E-state index in [1.165, 1.54) is 6.42 Å². The van der Waals surface area contributed by atoms with Crippen molar-refractivity contribution in [2.75, 3.05) is 53.0 Å². The van der Waals surface area contributed by atoms with Gasteiger partial charge in [-0.3, -0.25) is 14.7 Å². The fraction of sp³-hybridized carbons (Fsp3) is 0.647. The number of ether oxygens (including phenoxy) is 1. The summed E-state index contributed by atoms with van der Waals surface area (Å²) in [6, 6.07) is 3.35. The Hall–Kier alpha value is -1.33. The topological polar surface area (TPSA) is 96.3 Å². The highest BCUT2D eigenvalue weighted by atomic mass is 127. The molecule has 1 amide bonds. The van der Waals surface area contributed by atoms with Crippen molar-refractivity contribution in [2.45, 2.75) is 13.0 Å². The summed E-state index contributed by atoms with van der Waals surface area (Å²) in [5.41, 5.74) is 5.20. The van der Waals surface area contributed by atoms with Crippen LogP contribution in [0.3, 0.4) is 0 Å². The minimum atomic E-state index is -0.555. The number of nitrogens with one attached hydrogen (secondary N) is 1. The molecule has 0 spiro atoms. The summed E-state index contributed by atoms with van der Waals surface area (Å²) < 4.78 is 10.8. The van der Waals surface area contributed by atoms with Gasteiger partial charge in [0.05, 0.1) is 19.8 Å². The van der Waals surface area contributed by atoms with E-state index in [0.717, 1.165) is 51.9 Å². The molecular weight excluding hydrogens is 449 g/mol. The summed E-state index contributed by atoms with van der Waals surface area (Å²) >= 11 is 0. The number of amides is 1. The summed E-state index contributed by atoms with van der Waals surface area (Å²) in [5.74, 6) is 1.81. The molecule has 26 heavy (non-hydrogen) atoms. The number of carbonyl (C=O) groups is 1. The third kappa shape index (κ3) is 5.58. The summed E-state index contributed by atoms with van der Waals surface area (Å²) in [6.07, 6.45) is 1.17. The first-order valence-electron chi connectivity index (χ1n) is 8.80. The van der Waals surface area contributed by atoms with Crippen molar-refractivity contribution in [3.63, 3.8) is 0 Å². The van der Waals surface area contributed by atoms with Gasteiger partial charge in [-0.25, -0.2) is 0 Å². The van der Waals surface area contributed by atoms with Crippen molar-refractivity contribution in [1.82, 2.24) is 15.1 Å². The monoisotopic (exact) mass is 477 g/mol. The van der Waals surface area contributed by atoms with Gasteiger partial charge in [0, 0.05) is 39.8 Å². The normalized spacial score (nSPS) is 21.5. The summed E-state index contributed by atoms with van der Waals surface area (Å²) in [7, 11) is 1.79. The predicted octanol–water partition coefficient (Wildman–Crippen LogP) is 0.726. The van der Waals surface area contributed by atoms with Crippen LogP contribution in [0.1, 0.15) is 22.7 Å². The number of primary amides is 1. The Morgan fingerprint density at radius 2 is 2.12 bits per heavy atom. The Bertz CT molecular complexity index is 615. The maximum absolute atomic E-state index is 11.1. The van der Waals surface area contributed by atoms with Gasteiger partial charge in [-0.15, -0.1) is 24.0 Å². The molecular formula is C17H28IN5O3. The number of rotatable bonds is 5. The van der Waals surface area contributed by atoms with Crippen molar-refractivity contribution in [1.29, 1.82) is 0 Å². The molecule has 1 aromatic rings. The van der Waals surface area contributed by atoms with Gasteiger partial charge in [0.25, 0.3) is 5.91 Å². The molecule has 3 heterocycles. The zero-order valence-electron chi connectivity index (χ0n) is 15.1. The number of morpholine rings is 1. The SMILES string of the molecule is CN=C(NCc1ccc(C(N)=O)o1)N1CCC(CN2CCOCC2)C1.I. The zero-order valence-corrected chi connectivity index (χ0v) is 17.5. The van der Waals surface area contributed by atoms with Crippen LogP contribution >= 0.6 is 24.0 Å². The molecule has 0 radical (unpaired) electrons. The fourth-order valence-corrected chi connectivity index (χ4v) is 3.43. The highest BCUT2D eigenvalue weighted by Gasteiger charge is 2.27. The van der Waals surface area contributed by atoms with Gasteiger partial charge in [0.1, 0.15) is 5.76 Å².